The number of benzene rings is 2. The van der Waals surface area contributed by atoms with E-state index in [1.807, 2.05) is 12.1 Å². The Morgan fingerprint density at radius 2 is 2.06 bits per heavy atom. The Morgan fingerprint density at radius 1 is 1.23 bits per heavy atom. The second kappa shape index (κ2) is 9.13. The van der Waals surface area contributed by atoms with Crippen LogP contribution in [0.3, 0.4) is 0 Å². The number of carbonyl (C=O) groups excluding carboxylic acids is 1. The average Bonchev–Trinajstić information content (AvgIpc) is 3.39. The summed E-state index contributed by atoms with van der Waals surface area (Å²) in [4.78, 5) is 16.9. The fourth-order valence-electron chi connectivity index (χ4n) is 2.65. The summed E-state index contributed by atoms with van der Waals surface area (Å²) in [6.45, 7) is 1.74. The lowest BCUT2D eigenvalue weighted by atomic mass is 10.2. The second-order valence-corrected chi connectivity index (χ2v) is 8.98. The van der Waals surface area contributed by atoms with Crippen LogP contribution in [0.15, 0.2) is 59.3 Å². The number of nitrogens with zero attached hydrogens (tertiary/aromatic N) is 4. The van der Waals surface area contributed by atoms with Crippen LogP contribution in [-0.4, -0.2) is 30.9 Å². The predicted molar refractivity (Wildman–Crippen MR) is 118 cm³/mol. The standard InChI is InChI=1S/C20H14ClF2N5OS2/c1-11(31-20-27-24-10-28(20)14-4-2-3-13(21)8-14)18(29)26-19-25-17(9-30-19)12-5-6-15(22)16(23)7-12/h2-11H,1H3,(H,25,26,29). The molecule has 31 heavy (non-hydrogen) atoms. The number of thioether (sulfide) groups is 1. The van der Waals surface area contributed by atoms with Gasteiger partial charge in [-0.15, -0.1) is 21.5 Å². The van der Waals surface area contributed by atoms with Crippen LogP contribution in [0.25, 0.3) is 16.9 Å². The van der Waals surface area contributed by atoms with Crippen LogP contribution >= 0.6 is 34.7 Å². The van der Waals surface area contributed by atoms with E-state index >= 15 is 0 Å². The van der Waals surface area contributed by atoms with Crippen molar-refractivity contribution in [2.45, 2.75) is 17.3 Å². The average molecular weight is 478 g/mol. The molecule has 2 aromatic carbocycles. The van der Waals surface area contributed by atoms with Crippen molar-refractivity contribution < 1.29 is 13.6 Å². The van der Waals surface area contributed by atoms with Gasteiger partial charge in [-0.25, -0.2) is 13.8 Å². The molecule has 1 atom stereocenters. The third-order valence-corrected chi connectivity index (χ3v) is 6.25. The van der Waals surface area contributed by atoms with Gasteiger partial charge in [0.05, 0.1) is 16.6 Å². The van der Waals surface area contributed by atoms with Gasteiger partial charge < -0.3 is 5.32 Å². The molecule has 0 fully saturated rings. The summed E-state index contributed by atoms with van der Waals surface area (Å²) < 4.78 is 28.3. The lowest BCUT2D eigenvalue weighted by Gasteiger charge is -2.11. The molecule has 0 saturated heterocycles. The Bertz CT molecular complexity index is 1250. The van der Waals surface area contributed by atoms with Gasteiger partial charge >= 0.3 is 0 Å². The minimum absolute atomic E-state index is 0.281. The lowest BCUT2D eigenvalue weighted by Crippen LogP contribution is -2.22. The Kier molecular flexibility index (Phi) is 6.30. The van der Waals surface area contributed by atoms with Crippen LogP contribution in [0, 0.1) is 11.6 Å². The molecular weight excluding hydrogens is 464 g/mol. The first-order valence-corrected chi connectivity index (χ1v) is 11.1. The van der Waals surface area contributed by atoms with Crippen molar-refractivity contribution >= 4 is 45.7 Å². The molecule has 1 amide bonds. The van der Waals surface area contributed by atoms with Crippen molar-refractivity contribution in [1.82, 2.24) is 19.7 Å². The molecule has 0 saturated carbocycles. The molecule has 0 aliphatic rings. The van der Waals surface area contributed by atoms with Gasteiger partial charge in [-0.3, -0.25) is 9.36 Å². The first kappa shape index (κ1) is 21.4. The summed E-state index contributed by atoms with van der Waals surface area (Å²) in [5, 5.41) is 13.4. The normalized spacial score (nSPS) is 12.0. The van der Waals surface area contributed by atoms with Gasteiger partial charge in [0.15, 0.2) is 21.9 Å². The first-order chi connectivity index (χ1) is 14.9. The van der Waals surface area contributed by atoms with Crippen LogP contribution in [0.1, 0.15) is 6.92 Å². The van der Waals surface area contributed by atoms with Crippen LogP contribution < -0.4 is 5.32 Å². The van der Waals surface area contributed by atoms with Crippen molar-refractivity contribution in [1.29, 1.82) is 0 Å². The summed E-state index contributed by atoms with van der Waals surface area (Å²) >= 11 is 8.48. The van der Waals surface area contributed by atoms with E-state index in [-0.39, 0.29) is 5.91 Å². The number of nitrogens with one attached hydrogen (secondary N) is 1. The molecule has 11 heteroatoms. The summed E-state index contributed by atoms with van der Waals surface area (Å²) in [5.74, 6) is -2.16. The maximum absolute atomic E-state index is 13.5. The van der Waals surface area contributed by atoms with Crippen molar-refractivity contribution in [3.63, 3.8) is 0 Å². The third-order valence-electron chi connectivity index (χ3n) is 4.20. The van der Waals surface area contributed by atoms with Gasteiger partial charge in [0.1, 0.15) is 6.33 Å². The molecule has 1 unspecified atom stereocenters. The van der Waals surface area contributed by atoms with Crippen molar-refractivity contribution in [3.05, 3.63) is 70.8 Å². The van der Waals surface area contributed by atoms with Gasteiger partial charge in [0.2, 0.25) is 5.91 Å². The summed E-state index contributed by atoms with van der Waals surface area (Å²) in [6.07, 6.45) is 1.55. The Hall–Kier alpha value is -2.82. The second-order valence-electron chi connectivity index (χ2n) is 6.38. The first-order valence-electron chi connectivity index (χ1n) is 8.95. The largest absolute Gasteiger partial charge is 0.301 e. The number of aromatic nitrogens is 4. The van der Waals surface area contributed by atoms with Gasteiger partial charge in [0, 0.05) is 16.0 Å². The minimum atomic E-state index is -0.954. The summed E-state index contributed by atoms with van der Waals surface area (Å²) in [5.41, 5.74) is 1.65. The molecule has 0 aliphatic heterocycles. The predicted octanol–water partition coefficient (Wildman–Crippen LogP) is 5.44. The van der Waals surface area contributed by atoms with E-state index in [4.69, 9.17) is 11.6 Å². The van der Waals surface area contributed by atoms with Crippen molar-refractivity contribution in [2.75, 3.05) is 5.32 Å². The highest BCUT2D eigenvalue weighted by atomic mass is 35.5. The van der Waals surface area contributed by atoms with E-state index in [9.17, 15) is 13.6 Å². The number of anilines is 1. The number of hydrogen-bond donors (Lipinski definition) is 1. The lowest BCUT2D eigenvalue weighted by molar-refractivity contribution is -0.115. The van der Waals surface area contributed by atoms with Gasteiger partial charge in [0.25, 0.3) is 0 Å². The molecule has 4 rings (SSSR count). The quantitative estimate of drug-likeness (QED) is 0.374. The van der Waals surface area contributed by atoms with E-state index in [0.717, 1.165) is 17.8 Å². The fourth-order valence-corrected chi connectivity index (χ4v) is 4.40. The highest BCUT2D eigenvalue weighted by Crippen LogP contribution is 2.28. The molecule has 0 aliphatic carbocycles. The maximum Gasteiger partial charge on any atom is 0.239 e. The zero-order valence-corrected chi connectivity index (χ0v) is 18.3. The zero-order chi connectivity index (χ0) is 22.0. The van der Waals surface area contributed by atoms with Crippen LogP contribution in [0.5, 0.6) is 0 Å². The number of hydrogen-bond acceptors (Lipinski definition) is 6. The minimum Gasteiger partial charge on any atom is -0.301 e. The molecule has 2 heterocycles. The van der Waals surface area contributed by atoms with Crippen LogP contribution in [0.2, 0.25) is 5.02 Å². The smallest absolute Gasteiger partial charge is 0.239 e. The zero-order valence-electron chi connectivity index (χ0n) is 15.9. The number of thiazole rings is 1. The molecule has 6 nitrogen and oxygen atoms in total. The van der Waals surface area contributed by atoms with Gasteiger partial charge in [-0.2, -0.15) is 0 Å². The van der Waals surface area contributed by atoms with E-state index in [2.05, 4.69) is 20.5 Å². The topological polar surface area (TPSA) is 72.7 Å². The third kappa shape index (κ3) is 4.92. The van der Waals surface area contributed by atoms with E-state index < -0.39 is 16.9 Å². The molecule has 0 radical (unpaired) electrons. The van der Waals surface area contributed by atoms with Gasteiger partial charge in [-0.1, -0.05) is 29.4 Å². The maximum atomic E-state index is 13.5. The Balaban J connectivity index is 1.44. The number of amides is 1. The molecule has 1 N–H and O–H groups in total. The van der Waals surface area contributed by atoms with Crippen LogP contribution in [-0.2, 0) is 4.79 Å². The molecule has 158 valence electrons. The molecule has 0 spiro atoms. The number of halogens is 3. The van der Waals surface area contributed by atoms with E-state index in [0.29, 0.717) is 26.6 Å². The molecule has 0 bridgehead atoms. The number of carbonyl (C=O) groups is 1. The van der Waals surface area contributed by atoms with E-state index in [1.165, 1.54) is 29.2 Å². The molecule has 2 aromatic heterocycles. The van der Waals surface area contributed by atoms with Crippen molar-refractivity contribution in [3.8, 4) is 16.9 Å². The van der Waals surface area contributed by atoms with E-state index in [1.54, 1.807) is 35.3 Å². The summed E-state index contributed by atoms with van der Waals surface area (Å²) in [6, 6.07) is 10.7. The van der Waals surface area contributed by atoms with Crippen molar-refractivity contribution in [2.24, 2.45) is 0 Å². The Morgan fingerprint density at radius 3 is 2.84 bits per heavy atom. The highest BCUT2D eigenvalue weighted by molar-refractivity contribution is 8.00. The molecule has 4 aromatic rings. The molecular formula is C20H14ClF2N5OS2. The van der Waals surface area contributed by atoms with Crippen LogP contribution in [0.4, 0.5) is 13.9 Å². The summed E-state index contributed by atoms with van der Waals surface area (Å²) in [7, 11) is 0. The number of rotatable bonds is 6. The Labute approximate surface area is 189 Å². The SMILES string of the molecule is CC(Sc1nncn1-c1cccc(Cl)c1)C(=O)Nc1nc(-c2ccc(F)c(F)c2)cs1. The monoisotopic (exact) mass is 477 g/mol. The van der Waals surface area contributed by atoms with Gasteiger partial charge in [-0.05, 0) is 43.3 Å². The highest BCUT2D eigenvalue weighted by Gasteiger charge is 2.20. The fraction of sp³-hybridized carbons (Fsp3) is 0.100.